The maximum absolute atomic E-state index is 13.4. The molecule has 5 rings (SSSR count). The zero-order chi connectivity index (χ0) is 21.0. The van der Waals surface area contributed by atoms with Gasteiger partial charge in [-0.05, 0) is 47.9 Å². The molecular formula is C26H27NO2S. The lowest BCUT2D eigenvalue weighted by atomic mass is 9.43. The molecular weight excluding hydrogens is 390 g/mol. The van der Waals surface area contributed by atoms with Crippen molar-refractivity contribution in [3.63, 3.8) is 0 Å². The summed E-state index contributed by atoms with van der Waals surface area (Å²) >= 11 is 0. The first-order chi connectivity index (χ1) is 14.4. The van der Waals surface area contributed by atoms with E-state index in [2.05, 4.69) is 55.5 Å². The summed E-state index contributed by atoms with van der Waals surface area (Å²) in [7, 11) is -3.50. The van der Waals surface area contributed by atoms with Crippen LogP contribution in [-0.2, 0) is 15.4 Å². The number of nitrogens with zero attached hydrogens (tertiary/aromatic N) is 1. The molecule has 2 atom stereocenters. The highest BCUT2D eigenvalue weighted by Gasteiger charge is 2.66. The minimum atomic E-state index is -3.50. The number of fused-ring (bicyclic) bond motifs is 1. The zero-order valence-corrected chi connectivity index (χ0v) is 18.3. The van der Waals surface area contributed by atoms with Gasteiger partial charge in [-0.3, -0.25) is 0 Å². The van der Waals surface area contributed by atoms with Gasteiger partial charge in [0.1, 0.15) is 0 Å². The molecule has 1 saturated heterocycles. The Kier molecular flexibility index (Phi) is 4.42. The first kappa shape index (κ1) is 19.5. The molecule has 0 bridgehead atoms. The quantitative estimate of drug-likeness (QED) is 0.598. The second-order valence-electron chi connectivity index (χ2n) is 9.20. The van der Waals surface area contributed by atoms with Crippen LogP contribution in [0.1, 0.15) is 30.0 Å². The highest BCUT2D eigenvalue weighted by molar-refractivity contribution is 7.89. The van der Waals surface area contributed by atoms with E-state index in [1.165, 1.54) is 11.1 Å². The molecule has 1 heterocycles. The molecule has 1 aliphatic heterocycles. The van der Waals surface area contributed by atoms with E-state index in [4.69, 9.17) is 0 Å². The van der Waals surface area contributed by atoms with Gasteiger partial charge in [0, 0.05) is 18.5 Å². The van der Waals surface area contributed by atoms with Crippen molar-refractivity contribution in [2.75, 3.05) is 13.1 Å². The maximum Gasteiger partial charge on any atom is 0.243 e. The summed E-state index contributed by atoms with van der Waals surface area (Å²) in [4.78, 5) is 0.392. The standard InChI is InChI=1S/C26H27NO2S/c1-20-13-15-23(16-14-20)30(28,29)27-17-24-25(2,19-27)18-26(24,21-9-5-3-6-10-21)22-11-7-4-8-12-22/h3-16,24H,17-19H2,1-2H3/t24-,25+/m0/s1. The second-order valence-corrected chi connectivity index (χ2v) is 11.1. The van der Waals surface area contributed by atoms with Gasteiger partial charge in [-0.25, -0.2) is 8.42 Å². The number of aryl methyl sites for hydroxylation is 1. The van der Waals surface area contributed by atoms with Crippen LogP contribution in [0.25, 0.3) is 0 Å². The van der Waals surface area contributed by atoms with Gasteiger partial charge in [-0.1, -0.05) is 85.3 Å². The van der Waals surface area contributed by atoms with Crippen molar-refractivity contribution < 1.29 is 8.42 Å². The van der Waals surface area contributed by atoms with Gasteiger partial charge in [-0.2, -0.15) is 4.31 Å². The fourth-order valence-electron chi connectivity index (χ4n) is 5.85. The van der Waals surface area contributed by atoms with E-state index >= 15 is 0 Å². The molecule has 0 aromatic heterocycles. The molecule has 0 amide bonds. The van der Waals surface area contributed by atoms with Gasteiger partial charge in [0.05, 0.1) is 4.90 Å². The Bertz CT molecular complexity index is 1120. The summed E-state index contributed by atoms with van der Waals surface area (Å²) in [5.74, 6) is 0.245. The van der Waals surface area contributed by atoms with Gasteiger partial charge >= 0.3 is 0 Å². The van der Waals surface area contributed by atoms with E-state index in [0.717, 1.165) is 12.0 Å². The van der Waals surface area contributed by atoms with Crippen LogP contribution < -0.4 is 0 Å². The Morgan fingerprint density at radius 2 is 1.37 bits per heavy atom. The van der Waals surface area contributed by atoms with E-state index in [9.17, 15) is 8.42 Å². The van der Waals surface area contributed by atoms with Crippen LogP contribution in [0.15, 0.2) is 89.8 Å². The lowest BCUT2D eigenvalue weighted by Crippen LogP contribution is -2.57. The molecule has 1 saturated carbocycles. The third-order valence-corrected chi connectivity index (χ3v) is 9.11. The molecule has 3 aromatic carbocycles. The Balaban J connectivity index is 1.56. The number of benzene rings is 3. The molecule has 3 aromatic rings. The molecule has 0 radical (unpaired) electrons. The number of sulfonamides is 1. The van der Waals surface area contributed by atoms with Crippen molar-refractivity contribution >= 4 is 10.0 Å². The molecule has 2 aliphatic rings. The van der Waals surface area contributed by atoms with Gasteiger partial charge in [0.15, 0.2) is 0 Å². The third-order valence-electron chi connectivity index (χ3n) is 7.28. The number of rotatable bonds is 4. The predicted octanol–water partition coefficient (Wildman–Crippen LogP) is 5.01. The summed E-state index contributed by atoms with van der Waals surface area (Å²) in [5.41, 5.74) is 3.47. The summed E-state index contributed by atoms with van der Waals surface area (Å²) in [6, 6.07) is 28.4. The topological polar surface area (TPSA) is 37.4 Å². The lowest BCUT2D eigenvalue weighted by molar-refractivity contribution is 0.0126. The summed E-state index contributed by atoms with van der Waals surface area (Å²) in [6.07, 6.45) is 0.957. The molecule has 2 fully saturated rings. The smallest absolute Gasteiger partial charge is 0.207 e. The van der Waals surface area contributed by atoms with E-state index in [0.29, 0.717) is 18.0 Å². The largest absolute Gasteiger partial charge is 0.243 e. The summed E-state index contributed by atoms with van der Waals surface area (Å²) in [6.45, 7) is 5.36. The van der Waals surface area contributed by atoms with Crippen LogP contribution in [0, 0.1) is 18.3 Å². The minimum Gasteiger partial charge on any atom is -0.207 e. The molecule has 3 nitrogen and oxygen atoms in total. The summed E-state index contributed by atoms with van der Waals surface area (Å²) in [5, 5.41) is 0. The number of hydrogen-bond acceptors (Lipinski definition) is 2. The van der Waals surface area contributed by atoms with Crippen molar-refractivity contribution in [2.45, 2.75) is 30.6 Å². The van der Waals surface area contributed by atoms with Crippen molar-refractivity contribution in [1.82, 2.24) is 4.31 Å². The van der Waals surface area contributed by atoms with Crippen LogP contribution in [0.2, 0.25) is 0 Å². The number of hydrogen-bond donors (Lipinski definition) is 0. The fraction of sp³-hybridized carbons (Fsp3) is 0.308. The molecule has 0 N–H and O–H groups in total. The van der Waals surface area contributed by atoms with Crippen LogP contribution in [0.4, 0.5) is 0 Å². The van der Waals surface area contributed by atoms with Crippen molar-refractivity contribution in [3.8, 4) is 0 Å². The van der Waals surface area contributed by atoms with E-state index in [1.54, 1.807) is 16.4 Å². The monoisotopic (exact) mass is 417 g/mol. The highest BCUT2D eigenvalue weighted by Crippen LogP contribution is 2.66. The Morgan fingerprint density at radius 1 is 0.833 bits per heavy atom. The molecule has 1 aliphatic carbocycles. The molecule has 154 valence electrons. The van der Waals surface area contributed by atoms with Crippen molar-refractivity contribution in [2.24, 2.45) is 11.3 Å². The first-order valence-electron chi connectivity index (χ1n) is 10.5. The van der Waals surface area contributed by atoms with E-state index in [-0.39, 0.29) is 16.7 Å². The van der Waals surface area contributed by atoms with Gasteiger partial charge in [-0.15, -0.1) is 0 Å². The van der Waals surface area contributed by atoms with Crippen molar-refractivity contribution in [1.29, 1.82) is 0 Å². The van der Waals surface area contributed by atoms with E-state index < -0.39 is 10.0 Å². The van der Waals surface area contributed by atoms with Gasteiger partial charge in [0.2, 0.25) is 10.0 Å². The molecule has 0 spiro atoms. The van der Waals surface area contributed by atoms with Crippen LogP contribution in [0.5, 0.6) is 0 Å². The Morgan fingerprint density at radius 3 is 1.90 bits per heavy atom. The van der Waals surface area contributed by atoms with Gasteiger partial charge < -0.3 is 0 Å². The van der Waals surface area contributed by atoms with Crippen LogP contribution >= 0.6 is 0 Å². The SMILES string of the molecule is Cc1ccc(S(=O)(=O)N2C[C@@H]3C(c4ccccc4)(c4ccccc4)C[C@]3(C)C2)cc1. The average Bonchev–Trinajstić information content (AvgIpc) is 3.04. The first-order valence-corrected chi connectivity index (χ1v) is 12.0. The lowest BCUT2D eigenvalue weighted by Gasteiger charge is -2.59. The zero-order valence-electron chi connectivity index (χ0n) is 17.5. The maximum atomic E-state index is 13.4. The minimum absolute atomic E-state index is 0.0244. The Hall–Kier alpha value is -2.43. The van der Waals surface area contributed by atoms with E-state index in [1.807, 2.05) is 31.2 Å². The summed E-state index contributed by atoms with van der Waals surface area (Å²) < 4.78 is 28.6. The van der Waals surface area contributed by atoms with Gasteiger partial charge in [0.25, 0.3) is 0 Å². The van der Waals surface area contributed by atoms with Crippen LogP contribution in [-0.4, -0.2) is 25.8 Å². The molecule has 0 unspecified atom stereocenters. The predicted molar refractivity (Wildman–Crippen MR) is 120 cm³/mol. The molecule has 4 heteroatoms. The molecule has 30 heavy (non-hydrogen) atoms. The second kappa shape index (κ2) is 6.79. The Labute approximate surface area is 179 Å². The normalized spacial score (nSPS) is 25.5. The third kappa shape index (κ3) is 2.78. The van der Waals surface area contributed by atoms with Crippen molar-refractivity contribution in [3.05, 3.63) is 102 Å². The highest BCUT2D eigenvalue weighted by atomic mass is 32.2. The average molecular weight is 418 g/mol. The van der Waals surface area contributed by atoms with Crippen LogP contribution in [0.3, 0.4) is 0 Å². The fourth-order valence-corrected chi connectivity index (χ4v) is 7.44.